The summed E-state index contributed by atoms with van der Waals surface area (Å²) in [6.07, 6.45) is 1.26. The summed E-state index contributed by atoms with van der Waals surface area (Å²) < 4.78 is 22.3. The maximum absolute atomic E-state index is 11.2. The summed E-state index contributed by atoms with van der Waals surface area (Å²) in [6.45, 7) is 4.02. The van der Waals surface area contributed by atoms with Gasteiger partial charge in [-0.3, -0.25) is 0 Å². The molecule has 1 N–H and O–H groups in total. The van der Waals surface area contributed by atoms with Crippen LogP contribution < -0.4 is 10.2 Å². The third kappa shape index (κ3) is 3.71. The average Bonchev–Trinajstić information content (AvgIpc) is 2.29. The van der Waals surface area contributed by atoms with Crippen molar-refractivity contribution in [1.82, 2.24) is 5.32 Å². The van der Waals surface area contributed by atoms with E-state index < -0.39 is 9.84 Å². The Morgan fingerprint density at radius 1 is 1.18 bits per heavy atom. The molecule has 0 amide bonds. The molecule has 1 aliphatic rings. The minimum atomic E-state index is -2.94. The molecule has 1 heterocycles. The molecular weight excluding hydrogens is 236 g/mol. The second-order valence-electron chi connectivity index (χ2n) is 4.47. The Hall–Kier alpha value is -1.07. The van der Waals surface area contributed by atoms with Crippen LogP contribution in [0.15, 0.2) is 24.3 Å². The molecule has 94 valence electrons. The number of hydrogen-bond donors (Lipinski definition) is 1. The molecule has 0 bridgehead atoms. The highest BCUT2D eigenvalue weighted by molar-refractivity contribution is 7.89. The van der Waals surface area contributed by atoms with E-state index in [1.54, 1.807) is 0 Å². The van der Waals surface area contributed by atoms with Crippen molar-refractivity contribution >= 4 is 15.5 Å². The van der Waals surface area contributed by atoms with E-state index in [1.807, 2.05) is 24.3 Å². The topological polar surface area (TPSA) is 49.4 Å². The van der Waals surface area contributed by atoms with E-state index in [9.17, 15) is 8.42 Å². The molecule has 0 atom stereocenters. The van der Waals surface area contributed by atoms with Crippen molar-refractivity contribution in [3.8, 4) is 0 Å². The van der Waals surface area contributed by atoms with E-state index >= 15 is 0 Å². The monoisotopic (exact) mass is 254 g/mol. The van der Waals surface area contributed by atoms with Gasteiger partial charge in [-0.05, 0) is 17.7 Å². The van der Waals surface area contributed by atoms with Crippen LogP contribution in [0, 0.1) is 0 Å². The number of rotatable bonds is 3. The smallest absolute Gasteiger partial charge is 0.151 e. The highest BCUT2D eigenvalue weighted by atomic mass is 32.2. The highest BCUT2D eigenvalue weighted by Crippen LogP contribution is 2.16. The SMILES string of the molecule is CS(=O)(=O)Cc1ccc(N2CCNCC2)cc1. The molecule has 1 fully saturated rings. The number of benzene rings is 1. The van der Waals surface area contributed by atoms with Crippen molar-refractivity contribution in [2.75, 3.05) is 37.3 Å². The lowest BCUT2D eigenvalue weighted by atomic mass is 10.2. The van der Waals surface area contributed by atoms with Gasteiger partial charge in [0.25, 0.3) is 0 Å². The Morgan fingerprint density at radius 2 is 1.76 bits per heavy atom. The summed E-state index contributed by atoms with van der Waals surface area (Å²) in [6, 6.07) is 7.81. The minimum absolute atomic E-state index is 0.120. The standard InChI is InChI=1S/C12H18N2O2S/c1-17(15,16)10-11-2-4-12(5-3-11)14-8-6-13-7-9-14/h2-5,13H,6-10H2,1H3. The number of anilines is 1. The van der Waals surface area contributed by atoms with Crippen LogP contribution in [0.5, 0.6) is 0 Å². The second-order valence-corrected chi connectivity index (χ2v) is 6.61. The van der Waals surface area contributed by atoms with Gasteiger partial charge in [-0.2, -0.15) is 0 Å². The first-order chi connectivity index (χ1) is 8.04. The molecule has 2 rings (SSSR count). The normalized spacial score (nSPS) is 17.1. The average molecular weight is 254 g/mol. The largest absolute Gasteiger partial charge is 0.369 e. The zero-order chi connectivity index (χ0) is 12.3. The lowest BCUT2D eigenvalue weighted by Crippen LogP contribution is -2.43. The van der Waals surface area contributed by atoms with Crippen LogP contribution in [0.25, 0.3) is 0 Å². The van der Waals surface area contributed by atoms with E-state index in [0.717, 1.165) is 31.7 Å². The molecule has 0 spiro atoms. The molecular formula is C12H18N2O2S. The van der Waals surface area contributed by atoms with Crippen LogP contribution in [0.2, 0.25) is 0 Å². The first-order valence-electron chi connectivity index (χ1n) is 5.77. The van der Waals surface area contributed by atoms with Gasteiger partial charge in [-0.25, -0.2) is 8.42 Å². The van der Waals surface area contributed by atoms with Crippen molar-refractivity contribution in [2.45, 2.75) is 5.75 Å². The predicted octanol–water partition coefficient (Wildman–Crippen LogP) is 0.641. The Kier molecular flexibility index (Phi) is 3.69. The Morgan fingerprint density at radius 3 is 2.29 bits per heavy atom. The number of sulfone groups is 1. The van der Waals surface area contributed by atoms with Gasteiger partial charge < -0.3 is 10.2 Å². The molecule has 4 nitrogen and oxygen atoms in total. The number of nitrogens with zero attached hydrogens (tertiary/aromatic N) is 1. The predicted molar refractivity (Wildman–Crippen MR) is 70.1 cm³/mol. The van der Waals surface area contributed by atoms with Crippen molar-refractivity contribution in [3.05, 3.63) is 29.8 Å². The fourth-order valence-electron chi connectivity index (χ4n) is 2.03. The maximum Gasteiger partial charge on any atom is 0.151 e. The fraction of sp³-hybridized carbons (Fsp3) is 0.500. The number of piperazine rings is 1. The summed E-state index contributed by atoms with van der Waals surface area (Å²) in [5, 5.41) is 3.31. The minimum Gasteiger partial charge on any atom is -0.369 e. The molecule has 5 heteroatoms. The molecule has 0 radical (unpaired) electrons. The Labute approximate surface area is 103 Å². The first-order valence-corrected chi connectivity index (χ1v) is 7.83. The molecule has 1 aromatic carbocycles. The zero-order valence-corrected chi connectivity index (χ0v) is 10.8. The molecule has 1 aliphatic heterocycles. The second kappa shape index (κ2) is 5.06. The quantitative estimate of drug-likeness (QED) is 0.860. The lowest BCUT2D eigenvalue weighted by molar-refractivity contribution is 0.589. The summed E-state index contributed by atoms with van der Waals surface area (Å²) >= 11 is 0. The van der Waals surface area contributed by atoms with Gasteiger partial charge in [0.05, 0.1) is 5.75 Å². The van der Waals surface area contributed by atoms with Crippen LogP contribution in [-0.4, -0.2) is 40.9 Å². The van der Waals surface area contributed by atoms with Gasteiger partial charge in [0.1, 0.15) is 0 Å². The van der Waals surface area contributed by atoms with Crippen LogP contribution in [-0.2, 0) is 15.6 Å². The van der Waals surface area contributed by atoms with Crippen LogP contribution in [0.1, 0.15) is 5.56 Å². The highest BCUT2D eigenvalue weighted by Gasteiger charge is 2.10. The van der Waals surface area contributed by atoms with Crippen molar-refractivity contribution in [2.24, 2.45) is 0 Å². The summed E-state index contributed by atoms with van der Waals surface area (Å²) in [7, 11) is -2.94. The molecule has 1 saturated heterocycles. The van der Waals surface area contributed by atoms with Gasteiger partial charge in [0.15, 0.2) is 9.84 Å². The van der Waals surface area contributed by atoms with Gasteiger partial charge in [0.2, 0.25) is 0 Å². The summed E-state index contributed by atoms with van der Waals surface area (Å²) in [5.41, 5.74) is 2.02. The third-order valence-corrected chi connectivity index (χ3v) is 3.71. The maximum atomic E-state index is 11.2. The molecule has 0 aliphatic carbocycles. The van der Waals surface area contributed by atoms with Crippen molar-refractivity contribution in [3.63, 3.8) is 0 Å². The lowest BCUT2D eigenvalue weighted by Gasteiger charge is -2.29. The van der Waals surface area contributed by atoms with E-state index in [1.165, 1.54) is 11.9 Å². The number of nitrogens with one attached hydrogen (secondary N) is 1. The van der Waals surface area contributed by atoms with Crippen LogP contribution in [0.3, 0.4) is 0 Å². The van der Waals surface area contributed by atoms with Crippen LogP contribution >= 0.6 is 0 Å². The van der Waals surface area contributed by atoms with E-state index in [-0.39, 0.29) is 5.75 Å². The van der Waals surface area contributed by atoms with Crippen LogP contribution in [0.4, 0.5) is 5.69 Å². The summed E-state index contributed by atoms with van der Waals surface area (Å²) in [5.74, 6) is 0.120. The van der Waals surface area contributed by atoms with E-state index in [0.29, 0.717) is 0 Å². The van der Waals surface area contributed by atoms with E-state index in [4.69, 9.17) is 0 Å². The van der Waals surface area contributed by atoms with Gasteiger partial charge >= 0.3 is 0 Å². The summed E-state index contributed by atoms with van der Waals surface area (Å²) in [4.78, 5) is 2.31. The first kappa shape index (κ1) is 12.4. The zero-order valence-electron chi connectivity index (χ0n) is 10.0. The Bertz CT molecular complexity index is 462. The van der Waals surface area contributed by atoms with E-state index in [2.05, 4.69) is 10.2 Å². The fourth-order valence-corrected chi connectivity index (χ4v) is 2.83. The molecule has 0 saturated carbocycles. The molecule has 17 heavy (non-hydrogen) atoms. The molecule has 0 aromatic heterocycles. The molecule has 1 aromatic rings. The number of hydrogen-bond acceptors (Lipinski definition) is 4. The van der Waals surface area contributed by atoms with Crippen molar-refractivity contribution < 1.29 is 8.42 Å². The Balaban J connectivity index is 2.07. The third-order valence-electron chi connectivity index (χ3n) is 2.85. The van der Waals surface area contributed by atoms with Gasteiger partial charge in [-0.15, -0.1) is 0 Å². The molecule has 0 unspecified atom stereocenters. The van der Waals surface area contributed by atoms with Gasteiger partial charge in [-0.1, -0.05) is 12.1 Å². The van der Waals surface area contributed by atoms with Crippen molar-refractivity contribution in [1.29, 1.82) is 0 Å². The van der Waals surface area contributed by atoms with Gasteiger partial charge in [0, 0.05) is 38.1 Å².